The van der Waals surface area contributed by atoms with Gasteiger partial charge in [0.2, 0.25) is 0 Å². The van der Waals surface area contributed by atoms with Gasteiger partial charge >= 0.3 is 5.91 Å². The van der Waals surface area contributed by atoms with Crippen LogP contribution in [-0.2, 0) is 14.3 Å². The number of hydrogen-bond donors (Lipinski definition) is 1. The normalized spacial score (nSPS) is 26.9. The van der Waals surface area contributed by atoms with Gasteiger partial charge in [-0.3, -0.25) is 5.32 Å². The highest BCUT2D eigenvalue weighted by atomic mass is 16.7. The van der Waals surface area contributed by atoms with Gasteiger partial charge in [0.15, 0.2) is 5.79 Å². The average molecular weight is 200 g/mol. The van der Waals surface area contributed by atoms with Gasteiger partial charge in [-0.15, -0.1) is 0 Å². The van der Waals surface area contributed by atoms with Gasteiger partial charge in [-0.25, -0.2) is 4.79 Å². The van der Waals surface area contributed by atoms with E-state index in [1.54, 1.807) is 5.32 Å². The van der Waals surface area contributed by atoms with E-state index in [1.165, 1.54) is 0 Å². The van der Waals surface area contributed by atoms with Gasteiger partial charge in [-0.05, 0) is 12.8 Å². The summed E-state index contributed by atoms with van der Waals surface area (Å²) in [4.78, 5) is 11.4. The molecule has 1 heterocycles. The highest BCUT2D eigenvalue weighted by molar-refractivity contribution is 5.68. The molecule has 4 nitrogen and oxygen atoms in total. The fourth-order valence-electron chi connectivity index (χ4n) is 2.36. The highest BCUT2D eigenvalue weighted by Gasteiger charge is 2.42. The summed E-state index contributed by atoms with van der Waals surface area (Å²) in [5.41, 5.74) is 0. The van der Waals surface area contributed by atoms with Crippen molar-refractivity contribution < 1.29 is 19.6 Å². The van der Waals surface area contributed by atoms with E-state index in [1.807, 2.05) is 7.05 Å². The van der Waals surface area contributed by atoms with Gasteiger partial charge in [-0.2, -0.15) is 0 Å². The smallest absolute Gasteiger partial charge is 0.313 e. The molecule has 0 aromatic rings. The van der Waals surface area contributed by atoms with Gasteiger partial charge in [0, 0.05) is 12.8 Å². The summed E-state index contributed by atoms with van der Waals surface area (Å²) < 4.78 is 11.2. The van der Waals surface area contributed by atoms with Crippen LogP contribution in [0.5, 0.6) is 0 Å². The molecule has 2 aliphatic rings. The molecule has 2 fully saturated rings. The lowest BCUT2D eigenvalue weighted by molar-refractivity contribution is -0.542. The molecule has 0 radical (unpaired) electrons. The van der Waals surface area contributed by atoms with Crippen LogP contribution in [0.25, 0.3) is 0 Å². The lowest BCUT2D eigenvalue weighted by Gasteiger charge is -2.33. The van der Waals surface area contributed by atoms with E-state index in [2.05, 4.69) is 0 Å². The summed E-state index contributed by atoms with van der Waals surface area (Å²) in [5.74, 6) is 0.154. The second-order valence-electron chi connectivity index (χ2n) is 4.07. The van der Waals surface area contributed by atoms with Crippen LogP contribution in [0, 0.1) is 5.92 Å². The maximum absolute atomic E-state index is 11.4. The first-order valence-electron chi connectivity index (χ1n) is 5.37. The summed E-state index contributed by atoms with van der Waals surface area (Å²) in [5, 5.41) is 1.68. The Morgan fingerprint density at radius 3 is 2.36 bits per heavy atom. The van der Waals surface area contributed by atoms with E-state index in [4.69, 9.17) is 9.47 Å². The molecule has 2 rings (SSSR count). The Hall–Kier alpha value is -0.450. The summed E-state index contributed by atoms with van der Waals surface area (Å²) in [6.07, 6.45) is 3.56. The topological polar surface area (TPSA) is 52.1 Å². The van der Waals surface area contributed by atoms with Gasteiger partial charge in [0.05, 0.1) is 26.2 Å². The van der Waals surface area contributed by atoms with Crippen LogP contribution in [0.4, 0.5) is 0 Å². The fourth-order valence-corrected chi connectivity index (χ4v) is 2.36. The minimum atomic E-state index is -0.329. The standard InChI is InChI=1S/C10H17NO3/c1-11-9(12)8-2-4-10(5-3-8)13-6-7-14-10/h8H,2-7H2,1H3,(H,11,12)/p+1. The summed E-state index contributed by atoms with van der Waals surface area (Å²) in [6.45, 7) is 1.41. The van der Waals surface area contributed by atoms with Crippen molar-refractivity contribution >= 4 is 5.91 Å². The van der Waals surface area contributed by atoms with Gasteiger partial charge < -0.3 is 9.47 Å². The Morgan fingerprint density at radius 2 is 1.86 bits per heavy atom. The minimum absolute atomic E-state index is 0.207. The number of rotatable bonds is 1. The van der Waals surface area contributed by atoms with Crippen molar-refractivity contribution in [3.63, 3.8) is 0 Å². The number of carbonyl (C=O) groups excluding carboxylic acids is 1. The van der Waals surface area contributed by atoms with Gasteiger partial charge in [-0.1, -0.05) is 0 Å². The molecular weight excluding hydrogens is 182 g/mol. The molecule has 0 aromatic carbocycles. The number of ether oxygens (including phenoxy) is 2. The first kappa shape index (κ1) is 10.1. The number of hydrogen-bond acceptors (Lipinski definition) is 3. The van der Waals surface area contributed by atoms with E-state index in [-0.39, 0.29) is 17.6 Å². The van der Waals surface area contributed by atoms with Crippen molar-refractivity contribution in [2.45, 2.75) is 31.5 Å². The Balaban J connectivity index is 1.88. The van der Waals surface area contributed by atoms with Crippen molar-refractivity contribution in [3.8, 4) is 0 Å². The number of nitrogens with two attached hydrogens (primary N) is 1. The number of carbonyl (C=O) groups is 1. The largest absolute Gasteiger partial charge is 0.348 e. The first-order chi connectivity index (χ1) is 6.76. The molecule has 1 aliphatic heterocycles. The Morgan fingerprint density at radius 1 is 1.29 bits per heavy atom. The molecule has 1 spiro atoms. The van der Waals surface area contributed by atoms with Crippen LogP contribution in [0.1, 0.15) is 25.7 Å². The Labute approximate surface area is 84.0 Å². The van der Waals surface area contributed by atoms with Crippen LogP contribution in [0.15, 0.2) is 0 Å². The average Bonchev–Trinajstić information content (AvgIpc) is 2.67. The number of quaternary nitrogens is 1. The fraction of sp³-hybridized carbons (Fsp3) is 0.900. The molecule has 14 heavy (non-hydrogen) atoms. The molecule has 0 atom stereocenters. The summed E-state index contributed by atoms with van der Waals surface area (Å²) >= 11 is 0. The maximum atomic E-state index is 11.4. The zero-order valence-corrected chi connectivity index (χ0v) is 8.62. The minimum Gasteiger partial charge on any atom is -0.348 e. The zero-order chi connectivity index (χ0) is 10.0. The van der Waals surface area contributed by atoms with E-state index in [9.17, 15) is 4.79 Å². The summed E-state index contributed by atoms with van der Waals surface area (Å²) in [7, 11) is 1.81. The molecule has 1 aliphatic carbocycles. The highest BCUT2D eigenvalue weighted by Crippen LogP contribution is 2.37. The monoisotopic (exact) mass is 200 g/mol. The van der Waals surface area contributed by atoms with Crippen molar-refractivity contribution in [2.24, 2.45) is 5.92 Å². The molecule has 4 heteroatoms. The third-order valence-corrected chi connectivity index (χ3v) is 3.25. The number of amides is 1. The van der Waals surface area contributed by atoms with E-state index in [0.717, 1.165) is 25.7 Å². The van der Waals surface area contributed by atoms with Crippen LogP contribution in [-0.4, -0.2) is 32.0 Å². The summed E-state index contributed by atoms with van der Waals surface area (Å²) in [6, 6.07) is 0. The lowest BCUT2D eigenvalue weighted by Crippen LogP contribution is -2.85. The third-order valence-electron chi connectivity index (χ3n) is 3.25. The van der Waals surface area contributed by atoms with Crippen molar-refractivity contribution in [1.82, 2.24) is 0 Å². The van der Waals surface area contributed by atoms with Crippen LogP contribution >= 0.6 is 0 Å². The molecule has 80 valence electrons. The predicted molar refractivity (Wildman–Crippen MR) is 49.4 cm³/mol. The van der Waals surface area contributed by atoms with Gasteiger partial charge in [0.25, 0.3) is 0 Å². The molecular formula is C10H18NO3+. The zero-order valence-electron chi connectivity index (χ0n) is 8.62. The molecule has 2 N–H and O–H groups in total. The molecule has 1 amide bonds. The maximum Gasteiger partial charge on any atom is 0.313 e. The van der Waals surface area contributed by atoms with E-state index in [0.29, 0.717) is 13.2 Å². The van der Waals surface area contributed by atoms with Crippen molar-refractivity contribution in [3.05, 3.63) is 0 Å². The molecule has 0 bridgehead atoms. The van der Waals surface area contributed by atoms with Crippen LogP contribution in [0.3, 0.4) is 0 Å². The predicted octanol–water partition coefficient (Wildman–Crippen LogP) is -0.361. The molecule has 0 unspecified atom stereocenters. The van der Waals surface area contributed by atoms with Crippen LogP contribution in [0.2, 0.25) is 0 Å². The van der Waals surface area contributed by atoms with E-state index >= 15 is 0 Å². The quantitative estimate of drug-likeness (QED) is 0.629. The third kappa shape index (κ3) is 1.82. The van der Waals surface area contributed by atoms with Crippen LogP contribution < -0.4 is 5.32 Å². The molecule has 1 saturated carbocycles. The Bertz CT molecular complexity index is 213. The van der Waals surface area contributed by atoms with Crippen molar-refractivity contribution in [1.29, 1.82) is 0 Å². The Kier molecular flexibility index (Phi) is 2.85. The molecule has 1 saturated heterocycles. The molecule has 0 aromatic heterocycles. The first-order valence-corrected chi connectivity index (χ1v) is 5.37. The second-order valence-corrected chi connectivity index (χ2v) is 4.07. The SMILES string of the molecule is C[NH2+]C(=O)C1CCC2(CC1)OCCO2. The van der Waals surface area contributed by atoms with Gasteiger partial charge in [0.1, 0.15) is 0 Å². The second kappa shape index (κ2) is 3.96. The van der Waals surface area contributed by atoms with Crippen molar-refractivity contribution in [2.75, 3.05) is 20.3 Å². The number of primary amides is 1. The van der Waals surface area contributed by atoms with E-state index < -0.39 is 0 Å². The lowest BCUT2D eigenvalue weighted by atomic mass is 9.84.